The Bertz CT molecular complexity index is 1150. The lowest BCUT2D eigenvalue weighted by molar-refractivity contribution is 0.280. The molecule has 0 saturated heterocycles. The zero-order valence-electron chi connectivity index (χ0n) is 16.3. The van der Waals surface area contributed by atoms with E-state index in [0.29, 0.717) is 17.1 Å². The van der Waals surface area contributed by atoms with E-state index >= 15 is 0 Å². The first-order valence-corrected chi connectivity index (χ1v) is 11.7. The van der Waals surface area contributed by atoms with Crippen LogP contribution in [-0.4, -0.2) is 23.9 Å². The third kappa shape index (κ3) is 5.64. The van der Waals surface area contributed by atoms with Gasteiger partial charge in [0.05, 0.1) is 17.9 Å². The molecule has 0 bridgehead atoms. The third-order valence-corrected chi connectivity index (χ3v) is 6.18. The Morgan fingerprint density at radius 1 is 0.903 bits per heavy atom. The van der Waals surface area contributed by atoms with Gasteiger partial charge >= 0.3 is 0 Å². The van der Waals surface area contributed by atoms with Gasteiger partial charge in [0.15, 0.2) is 11.5 Å². The predicted molar refractivity (Wildman–Crippen MR) is 122 cm³/mol. The molecule has 0 unspecified atom stereocenters. The maximum atomic E-state index is 12.0. The number of methoxy groups -OCH3 is 1. The van der Waals surface area contributed by atoms with Crippen LogP contribution >= 0.6 is 34.8 Å². The minimum atomic E-state index is -4.58. The first-order valence-electron chi connectivity index (χ1n) is 9.09. The Kier molecular flexibility index (Phi) is 7.39. The van der Waals surface area contributed by atoms with Crippen molar-refractivity contribution in [3.05, 3.63) is 89.5 Å². The standard InChI is InChI=1S/C22H19Cl3O5S/c1-29-18-12-7-11-17(21(18)30-14-15-8-3-2-4-9-15)20(22(23,24)25)16-10-5-6-13-19(16)31(26,27)28/h2-13,20H,14H2,1H3,(H,26,27,28)/t20-/m1/s1. The van der Waals surface area contributed by atoms with Crippen molar-refractivity contribution in [1.82, 2.24) is 0 Å². The summed E-state index contributed by atoms with van der Waals surface area (Å²) in [5.41, 5.74) is 1.41. The van der Waals surface area contributed by atoms with Crippen molar-refractivity contribution in [3.63, 3.8) is 0 Å². The molecule has 31 heavy (non-hydrogen) atoms. The highest BCUT2D eigenvalue weighted by molar-refractivity contribution is 7.85. The van der Waals surface area contributed by atoms with E-state index in [1.807, 2.05) is 30.3 Å². The Morgan fingerprint density at radius 3 is 2.13 bits per heavy atom. The van der Waals surface area contributed by atoms with Gasteiger partial charge in [-0.2, -0.15) is 8.42 Å². The summed E-state index contributed by atoms with van der Waals surface area (Å²) >= 11 is 19.0. The summed E-state index contributed by atoms with van der Waals surface area (Å²) in [6.07, 6.45) is 0. The topological polar surface area (TPSA) is 72.8 Å². The lowest BCUT2D eigenvalue weighted by Gasteiger charge is -2.29. The van der Waals surface area contributed by atoms with E-state index in [2.05, 4.69) is 0 Å². The van der Waals surface area contributed by atoms with Crippen molar-refractivity contribution < 1.29 is 22.4 Å². The molecule has 0 amide bonds. The summed E-state index contributed by atoms with van der Waals surface area (Å²) in [7, 11) is -3.10. The molecule has 3 aromatic rings. The molecule has 0 spiro atoms. The van der Waals surface area contributed by atoms with Crippen molar-refractivity contribution in [1.29, 1.82) is 0 Å². The van der Waals surface area contributed by atoms with Crippen molar-refractivity contribution in [2.75, 3.05) is 7.11 Å². The highest BCUT2D eigenvalue weighted by Crippen LogP contribution is 2.51. The zero-order valence-corrected chi connectivity index (χ0v) is 19.4. The van der Waals surface area contributed by atoms with Crippen molar-refractivity contribution in [2.45, 2.75) is 21.2 Å². The maximum Gasteiger partial charge on any atom is 0.294 e. The minimum Gasteiger partial charge on any atom is -0.493 e. The average molecular weight is 502 g/mol. The SMILES string of the molecule is COc1cccc([C@@H](c2ccccc2S(=O)(=O)O)C(Cl)(Cl)Cl)c1OCc1ccccc1. The van der Waals surface area contributed by atoms with E-state index in [1.54, 1.807) is 24.3 Å². The molecule has 3 aromatic carbocycles. The number of halogens is 3. The van der Waals surface area contributed by atoms with Gasteiger partial charge in [0.25, 0.3) is 10.1 Å². The second-order valence-corrected chi connectivity index (χ2v) is 10.4. The normalized spacial score (nSPS) is 12.9. The van der Waals surface area contributed by atoms with Crippen LogP contribution in [0.3, 0.4) is 0 Å². The van der Waals surface area contributed by atoms with Gasteiger partial charge < -0.3 is 9.47 Å². The monoisotopic (exact) mass is 500 g/mol. The number of hydrogen-bond donors (Lipinski definition) is 1. The molecule has 0 radical (unpaired) electrons. The quantitative estimate of drug-likeness (QED) is 0.316. The Hall–Kier alpha value is -1.96. The Morgan fingerprint density at radius 2 is 1.52 bits per heavy atom. The van der Waals surface area contributed by atoms with Gasteiger partial charge in [-0.05, 0) is 23.3 Å². The number of alkyl halides is 3. The summed E-state index contributed by atoms with van der Waals surface area (Å²) in [4.78, 5) is -0.358. The zero-order chi connectivity index (χ0) is 22.6. The van der Waals surface area contributed by atoms with Gasteiger partial charge in [0, 0.05) is 5.56 Å². The molecule has 1 N–H and O–H groups in total. The average Bonchev–Trinajstić information content (AvgIpc) is 2.72. The van der Waals surface area contributed by atoms with Crippen LogP contribution in [0.1, 0.15) is 22.6 Å². The number of ether oxygens (including phenoxy) is 2. The van der Waals surface area contributed by atoms with Gasteiger partial charge in [-0.1, -0.05) is 95.5 Å². The molecular weight excluding hydrogens is 483 g/mol. The summed E-state index contributed by atoms with van der Waals surface area (Å²) in [5.74, 6) is -0.399. The highest BCUT2D eigenvalue weighted by atomic mass is 35.6. The van der Waals surface area contributed by atoms with E-state index < -0.39 is 19.8 Å². The van der Waals surface area contributed by atoms with Crippen LogP contribution in [0.25, 0.3) is 0 Å². The van der Waals surface area contributed by atoms with E-state index in [-0.39, 0.29) is 17.1 Å². The molecule has 0 aliphatic heterocycles. The largest absolute Gasteiger partial charge is 0.493 e. The third-order valence-electron chi connectivity index (χ3n) is 4.60. The first kappa shape index (κ1) is 23.7. The Labute approximate surface area is 196 Å². The summed E-state index contributed by atoms with van der Waals surface area (Å²) < 4.78 is 43.3. The molecule has 0 aliphatic rings. The molecule has 0 aromatic heterocycles. The smallest absolute Gasteiger partial charge is 0.294 e. The second kappa shape index (κ2) is 9.67. The first-order chi connectivity index (χ1) is 14.6. The van der Waals surface area contributed by atoms with Crippen LogP contribution in [0.4, 0.5) is 0 Å². The van der Waals surface area contributed by atoms with Crippen LogP contribution in [0, 0.1) is 0 Å². The lowest BCUT2D eigenvalue weighted by atomic mass is 9.91. The van der Waals surface area contributed by atoms with Crippen LogP contribution in [0.2, 0.25) is 0 Å². The van der Waals surface area contributed by atoms with E-state index in [0.717, 1.165) is 5.56 Å². The predicted octanol–water partition coefficient (Wildman–Crippen LogP) is 6.02. The number of para-hydroxylation sites is 1. The fourth-order valence-corrected chi connectivity index (χ4v) is 4.72. The molecule has 0 aliphatic carbocycles. The van der Waals surface area contributed by atoms with Crippen LogP contribution in [-0.2, 0) is 16.7 Å². The van der Waals surface area contributed by atoms with Gasteiger partial charge in [-0.25, -0.2) is 0 Å². The van der Waals surface area contributed by atoms with Crippen molar-refractivity contribution >= 4 is 44.9 Å². The molecule has 3 rings (SSSR count). The maximum absolute atomic E-state index is 12.0. The van der Waals surface area contributed by atoms with Gasteiger partial charge in [-0.3, -0.25) is 4.55 Å². The molecule has 5 nitrogen and oxygen atoms in total. The van der Waals surface area contributed by atoms with Gasteiger partial charge in [0.2, 0.25) is 3.79 Å². The summed E-state index contributed by atoms with van der Waals surface area (Å²) in [6, 6.07) is 20.3. The second-order valence-electron chi connectivity index (χ2n) is 6.64. The molecule has 1 atom stereocenters. The highest BCUT2D eigenvalue weighted by Gasteiger charge is 2.40. The lowest BCUT2D eigenvalue weighted by Crippen LogP contribution is -2.22. The number of hydrogen-bond acceptors (Lipinski definition) is 4. The summed E-state index contributed by atoms with van der Waals surface area (Å²) in [6.45, 7) is 0.209. The van der Waals surface area contributed by atoms with Crippen LogP contribution < -0.4 is 9.47 Å². The van der Waals surface area contributed by atoms with E-state index in [1.165, 1.54) is 25.3 Å². The molecule has 0 saturated carbocycles. The fraction of sp³-hybridized carbons (Fsp3) is 0.182. The number of rotatable bonds is 7. The minimum absolute atomic E-state index is 0.114. The van der Waals surface area contributed by atoms with E-state index in [4.69, 9.17) is 44.3 Å². The molecule has 9 heteroatoms. The molecule has 0 heterocycles. The van der Waals surface area contributed by atoms with Crippen molar-refractivity contribution in [2.24, 2.45) is 0 Å². The van der Waals surface area contributed by atoms with Crippen LogP contribution in [0.5, 0.6) is 11.5 Å². The molecule has 0 fully saturated rings. The number of benzene rings is 3. The van der Waals surface area contributed by atoms with Crippen molar-refractivity contribution in [3.8, 4) is 11.5 Å². The fourth-order valence-electron chi connectivity index (χ4n) is 3.28. The molecular formula is C22H19Cl3O5S. The van der Waals surface area contributed by atoms with E-state index in [9.17, 15) is 13.0 Å². The van der Waals surface area contributed by atoms with Gasteiger partial charge in [-0.15, -0.1) is 0 Å². The Balaban J connectivity index is 2.18. The van der Waals surface area contributed by atoms with Crippen LogP contribution in [0.15, 0.2) is 77.7 Å². The summed E-state index contributed by atoms with van der Waals surface area (Å²) in [5, 5.41) is 0. The molecule has 164 valence electrons. The van der Waals surface area contributed by atoms with Gasteiger partial charge in [0.1, 0.15) is 6.61 Å².